The SMILES string of the molecule is CCC(CC)NC(=O)CSc1nc2ccc(C)cc2[nH]1. The number of carbonyl (C=O) groups excluding carboxylic acids is 1. The lowest BCUT2D eigenvalue weighted by atomic mass is 10.2. The van der Waals surface area contributed by atoms with Crippen molar-refractivity contribution in [2.45, 2.75) is 44.8 Å². The third kappa shape index (κ3) is 3.76. The van der Waals surface area contributed by atoms with Gasteiger partial charge in [0.25, 0.3) is 0 Å². The van der Waals surface area contributed by atoms with Crippen LogP contribution in [0.2, 0.25) is 0 Å². The fourth-order valence-electron chi connectivity index (χ4n) is 2.06. The molecule has 108 valence electrons. The fraction of sp³-hybridized carbons (Fsp3) is 0.467. The van der Waals surface area contributed by atoms with Crippen LogP contribution in [0.4, 0.5) is 0 Å². The molecule has 0 saturated heterocycles. The Morgan fingerprint density at radius 2 is 2.15 bits per heavy atom. The molecule has 0 aliphatic carbocycles. The Morgan fingerprint density at radius 1 is 1.40 bits per heavy atom. The second-order valence-corrected chi connectivity index (χ2v) is 5.90. The number of nitrogens with zero attached hydrogens (tertiary/aromatic N) is 1. The van der Waals surface area contributed by atoms with Crippen molar-refractivity contribution in [2.24, 2.45) is 0 Å². The van der Waals surface area contributed by atoms with E-state index in [2.05, 4.69) is 42.1 Å². The van der Waals surface area contributed by atoms with Crippen LogP contribution in [0.1, 0.15) is 32.3 Å². The van der Waals surface area contributed by atoms with Gasteiger partial charge in [0.05, 0.1) is 16.8 Å². The minimum absolute atomic E-state index is 0.0698. The van der Waals surface area contributed by atoms with Gasteiger partial charge in [-0.25, -0.2) is 4.98 Å². The van der Waals surface area contributed by atoms with E-state index in [0.29, 0.717) is 5.75 Å². The van der Waals surface area contributed by atoms with Crippen molar-refractivity contribution in [2.75, 3.05) is 5.75 Å². The highest BCUT2D eigenvalue weighted by Crippen LogP contribution is 2.20. The Morgan fingerprint density at radius 3 is 2.85 bits per heavy atom. The topological polar surface area (TPSA) is 57.8 Å². The average molecular weight is 291 g/mol. The maximum atomic E-state index is 11.8. The number of hydrogen-bond acceptors (Lipinski definition) is 3. The molecule has 4 nitrogen and oxygen atoms in total. The number of imidazole rings is 1. The summed E-state index contributed by atoms with van der Waals surface area (Å²) in [5.41, 5.74) is 3.16. The Hall–Kier alpha value is -1.49. The van der Waals surface area contributed by atoms with Crippen molar-refractivity contribution in [1.82, 2.24) is 15.3 Å². The Labute approximate surface area is 123 Å². The third-order valence-electron chi connectivity index (χ3n) is 3.31. The monoisotopic (exact) mass is 291 g/mol. The van der Waals surface area contributed by atoms with E-state index in [1.54, 1.807) is 0 Å². The van der Waals surface area contributed by atoms with E-state index in [-0.39, 0.29) is 11.9 Å². The van der Waals surface area contributed by atoms with Gasteiger partial charge in [-0.15, -0.1) is 0 Å². The van der Waals surface area contributed by atoms with Gasteiger partial charge in [0, 0.05) is 6.04 Å². The molecule has 5 heteroatoms. The highest BCUT2D eigenvalue weighted by Gasteiger charge is 2.10. The van der Waals surface area contributed by atoms with Crippen LogP contribution in [-0.4, -0.2) is 27.7 Å². The summed E-state index contributed by atoms with van der Waals surface area (Å²) in [6.45, 7) is 6.22. The zero-order chi connectivity index (χ0) is 14.5. The number of rotatable bonds is 6. The summed E-state index contributed by atoms with van der Waals surface area (Å²) in [7, 11) is 0. The lowest BCUT2D eigenvalue weighted by molar-refractivity contribution is -0.119. The van der Waals surface area contributed by atoms with Crippen molar-refractivity contribution in [3.8, 4) is 0 Å². The minimum Gasteiger partial charge on any atom is -0.353 e. The molecular formula is C15H21N3OS. The Kier molecular flexibility index (Phi) is 5.06. The molecule has 0 unspecified atom stereocenters. The molecule has 1 amide bonds. The van der Waals surface area contributed by atoms with Crippen LogP contribution in [0.15, 0.2) is 23.4 Å². The molecule has 1 aromatic heterocycles. The number of H-pyrrole nitrogens is 1. The highest BCUT2D eigenvalue weighted by atomic mass is 32.2. The lowest BCUT2D eigenvalue weighted by Gasteiger charge is -2.13. The number of fused-ring (bicyclic) bond motifs is 1. The van der Waals surface area contributed by atoms with Crippen molar-refractivity contribution in [3.63, 3.8) is 0 Å². The first-order chi connectivity index (χ1) is 9.62. The second-order valence-electron chi connectivity index (χ2n) is 4.93. The van der Waals surface area contributed by atoms with Gasteiger partial charge in [-0.2, -0.15) is 0 Å². The van der Waals surface area contributed by atoms with E-state index >= 15 is 0 Å². The molecule has 20 heavy (non-hydrogen) atoms. The number of nitrogens with one attached hydrogen (secondary N) is 2. The van der Waals surface area contributed by atoms with E-state index in [9.17, 15) is 4.79 Å². The quantitative estimate of drug-likeness (QED) is 0.803. The van der Waals surface area contributed by atoms with Gasteiger partial charge < -0.3 is 10.3 Å². The van der Waals surface area contributed by atoms with Gasteiger partial charge >= 0.3 is 0 Å². The van der Waals surface area contributed by atoms with Crippen LogP contribution in [0.25, 0.3) is 11.0 Å². The molecule has 1 heterocycles. The second kappa shape index (κ2) is 6.79. The Balaban J connectivity index is 1.93. The van der Waals surface area contributed by atoms with Crippen LogP contribution in [0.5, 0.6) is 0 Å². The summed E-state index contributed by atoms with van der Waals surface area (Å²) in [4.78, 5) is 19.6. The first kappa shape index (κ1) is 14.9. The normalized spacial score (nSPS) is 11.2. The van der Waals surface area contributed by atoms with Crippen LogP contribution >= 0.6 is 11.8 Å². The van der Waals surface area contributed by atoms with Gasteiger partial charge in [-0.05, 0) is 37.5 Å². The number of aromatic nitrogens is 2. The summed E-state index contributed by atoms with van der Waals surface area (Å²) in [5, 5.41) is 3.82. The molecule has 1 aromatic carbocycles. The summed E-state index contributed by atoms with van der Waals surface area (Å²) in [5.74, 6) is 0.468. The van der Waals surface area contributed by atoms with Gasteiger partial charge in [-0.1, -0.05) is 31.7 Å². The predicted molar refractivity (Wildman–Crippen MR) is 84.1 cm³/mol. The molecule has 0 fully saturated rings. The van der Waals surface area contributed by atoms with Gasteiger partial charge in [0.15, 0.2) is 5.16 Å². The van der Waals surface area contributed by atoms with Crippen LogP contribution in [-0.2, 0) is 4.79 Å². The predicted octanol–water partition coefficient (Wildman–Crippen LogP) is 3.27. The molecule has 0 aliphatic heterocycles. The van der Waals surface area contributed by atoms with Crippen LogP contribution in [0, 0.1) is 6.92 Å². The van der Waals surface area contributed by atoms with E-state index in [1.807, 2.05) is 12.1 Å². The zero-order valence-corrected chi connectivity index (χ0v) is 13.0. The number of thioether (sulfide) groups is 1. The van der Waals surface area contributed by atoms with Gasteiger partial charge in [0.1, 0.15) is 0 Å². The summed E-state index contributed by atoms with van der Waals surface area (Å²) in [6, 6.07) is 6.38. The van der Waals surface area contributed by atoms with E-state index < -0.39 is 0 Å². The third-order valence-corrected chi connectivity index (χ3v) is 4.18. The molecule has 0 radical (unpaired) electrons. The van der Waals surface area contributed by atoms with E-state index in [0.717, 1.165) is 29.0 Å². The lowest BCUT2D eigenvalue weighted by Crippen LogP contribution is -2.35. The molecule has 0 spiro atoms. The minimum atomic E-state index is 0.0698. The number of carbonyl (C=O) groups is 1. The van der Waals surface area contributed by atoms with Crippen molar-refractivity contribution in [3.05, 3.63) is 23.8 Å². The standard InChI is InChI=1S/C15H21N3OS/c1-4-11(5-2)16-14(19)9-20-15-17-12-7-6-10(3)8-13(12)18-15/h6-8,11H,4-5,9H2,1-3H3,(H,16,19)(H,17,18). The maximum absolute atomic E-state index is 11.8. The number of benzene rings is 1. The molecular weight excluding hydrogens is 270 g/mol. The molecule has 0 aliphatic rings. The molecule has 2 rings (SSSR count). The summed E-state index contributed by atoms with van der Waals surface area (Å²) >= 11 is 1.44. The molecule has 0 atom stereocenters. The largest absolute Gasteiger partial charge is 0.353 e. The maximum Gasteiger partial charge on any atom is 0.230 e. The highest BCUT2D eigenvalue weighted by molar-refractivity contribution is 7.99. The summed E-state index contributed by atoms with van der Waals surface area (Å²) < 4.78 is 0. The van der Waals surface area contributed by atoms with Crippen molar-refractivity contribution < 1.29 is 4.79 Å². The van der Waals surface area contributed by atoms with Gasteiger partial charge in [-0.3, -0.25) is 4.79 Å². The fourth-order valence-corrected chi connectivity index (χ4v) is 2.76. The molecule has 2 aromatic rings. The zero-order valence-electron chi connectivity index (χ0n) is 12.2. The number of aromatic amines is 1. The van der Waals surface area contributed by atoms with E-state index in [1.165, 1.54) is 17.3 Å². The average Bonchev–Trinajstić information content (AvgIpc) is 2.84. The number of amides is 1. The first-order valence-electron chi connectivity index (χ1n) is 7.01. The van der Waals surface area contributed by atoms with Crippen molar-refractivity contribution >= 4 is 28.7 Å². The Bertz CT molecular complexity index is 590. The molecule has 2 N–H and O–H groups in total. The van der Waals surface area contributed by atoms with E-state index in [4.69, 9.17) is 0 Å². The van der Waals surface area contributed by atoms with Crippen LogP contribution in [0.3, 0.4) is 0 Å². The smallest absolute Gasteiger partial charge is 0.230 e. The first-order valence-corrected chi connectivity index (χ1v) is 7.99. The molecule has 0 saturated carbocycles. The number of aryl methyl sites for hydroxylation is 1. The molecule has 0 bridgehead atoms. The van der Waals surface area contributed by atoms with Gasteiger partial charge in [0.2, 0.25) is 5.91 Å². The van der Waals surface area contributed by atoms with Crippen LogP contribution < -0.4 is 5.32 Å². The summed E-state index contributed by atoms with van der Waals surface area (Å²) in [6.07, 6.45) is 1.94. The number of hydrogen-bond donors (Lipinski definition) is 2. The van der Waals surface area contributed by atoms with Crippen molar-refractivity contribution in [1.29, 1.82) is 0 Å².